The predicted molar refractivity (Wildman–Crippen MR) is 93.9 cm³/mol. The second-order valence-corrected chi connectivity index (χ2v) is 5.58. The van der Waals surface area contributed by atoms with E-state index in [9.17, 15) is 14.4 Å². The highest BCUT2D eigenvalue weighted by Gasteiger charge is 2.19. The van der Waals surface area contributed by atoms with Crippen LogP contribution in [0.2, 0.25) is 0 Å². The first-order valence-electron chi connectivity index (χ1n) is 8.17. The van der Waals surface area contributed by atoms with Gasteiger partial charge in [0.2, 0.25) is 0 Å². The molecule has 2 aromatic heterocycles. The van der Waals surface area contributed by atoms with Crippen molar-refractivity contribution in [1.82, 2.24) is 15.1 Å². The van der Waals surface area contributed by atoms with Gasteiger partial charge in [0, 0.05) is 5.39 Å². The molecule has 0 spiro atoms. The number of aliphatic hydroxyl groups is 1. The minimum Gasteiger partial charge on any atom is -0.467 e. The summed E-state index contributed by atoms with van der Waals surface area (Å²) in [5.74, 6) is -0.780. The lowest BCUT2D eigenvalue weighted by Gasteiger charge is -2.10. The number of aromatic nitrogens is 2. The molecule has 0 bridgehead atoms. The predicted octanol–water partition coefficient (Wildman–Crippen LogP) is 0.455. The van der Waals surface area contributed by atoms with E-state index in [1.807, 2.05) is 0 Å². The Hall–Kier alpha value is -3.46. The molecule has 3 rings (SSSR count). The van der Waals surface area contributed by atoms with Gasteiger partial charge in [-0.2, -0.15) is 5.10 Å². The number of fused-ring (bicyclic) bond motifs is 1. The maximum absolute atomic E-state index is 12.4. The van der Waals surface area contributed by atoms with Gasteiger partial charge in [-0.15, -0.1) is 0 Å². The Labute approximate surface area is 153 Å². The lowest BCUT2D eigenvalue weighted by molar-refractivity contribution is -0.124. The van der Waals surface area contributed by atoms with E-state index in [0.29, 0.717) is 11.1 Å². The number of esters is 1. The van der Waals surface area contributed by atoms with Crippen molar-refractivity contribution in [2.45, 2.75) is 13.1 Å². The van der Waals surface area contributed by atoms with Crippen LogP contribution in [0.1, 0.15) is 16.2 Å². The molecule has 0 fully saturated rings. The molecule has 0 aliphatic heterocycles. The first-order valence-corrected chi connectivity index (χ1v) is 8.17. The quantitative estimate of drug-likeness (QED) is 0.578. The van der Waals surface area contributed by atoms with Crippen molar-refractivity contribution in [3.05, 3.63) is 64.5 Å². The van der Waals surface area contributed by atoms with Gasteiger partial charge in [0.05, 0.1) is 31.3 Å². The molecule has 3 aromatic rings. The minimum atomic E-state index is -0.842. The topological polar surface area (TPSA) is 124 Å². The lowest BCUT2D eigenvalue weighted by Crippen LogP contribution is -2.30. The van der Waals surface area contributed by atoms with E-state index >= 15 is 0 Å². The smallest absolute Gasteiger partial charge is 0.359 e. The summed E-state index contributed by atoms with van der Waals surface area (Å²) in [6.45, 7) is -0.705. The minimum absolute atomic E-state index is 0.0619. The molecule has 0 saturated heterocycles. The number of furan rings is 1. The highest BCUT2D eigenvalue weighted by molar-refractivity contribution is 6.02. The van der Waals surface area contributed by atoms with Crippen LogP contribution in [-0.2, 0) is 22.6 Å². The number of benzene rings is 1. The zero-order chi connectivity index (χ0) is 19.2. The van der Waals surface area contributed by atoms with Crippen molar-refractivity contribution in [2.75, 3.05) is 13.2 Å². The van der Waals surface area contributed by atoms with E-state index in [4.69, 9.17) is 14.3 Å². The molecule has 27 heavy (non-hydrogen) atoms. The first-order chi connectivity index (χ1) is 13.1. The number of hydrogen-bond acceptors (Lipinski definition) is 7. The lowest BCUT2D eigenvalue weighted by atomic mass is 10.1. The second kappa shape index (κ2) is 8.28. The third-order valence-electron chi connectivity index (χ3n) is 3.75. The maximum atomic E-state index is 12.4. The van der Waals surface area contributed by atoms with Crippen LogP contribution in [0.4, 0.5) is 0 Å². The standard InChI is InChI=1S/C18H17N3O6/c22-8-7-21-17(24)14-6-2-1-5-13(14)16(20-21)18(25)27-11-15(23)19-10-12-4-3-9-26-12/h1-6,9,22H,7-8,10-11H2,(H,19,23). The number of nitrogens with one attached hydrogen (secondary N) is 1. The third kappa shape index (κ3) is 4.21. The van der Waals surface area contributed by atoms with E-state index in [-0.39, 0.29) is 30.8 Å². The molecule has 2 N–H and O–H groups in total. The van der Waals surface area contributed by atoms with Gasteiger partial charge in [-0.25, -0.2) is 9.48 Å². The van der Waals surface area contributed by atoms with E-state index in [0.717, 1.165) is 4.68 Å². The molecule has 0 saturated carbocycles. The summed E-state index contributed by atoms with van der Waals surface area (Å²) < 4.78 is 11.1. The van der Waals surface area contributed by atoms with Crippen molar-refractivity contribution in [2.24, 2.45) is 0 Å². The third-order valence-corrected chi connectivity index (χ3v) is 3.75. The molecular formula is C18H17N3O6. The second-order valence-electron chi connectivity index (χ2n) is 5.58. The number of rotatable bonds is 7. The Morgan fingerprint density at radius 1 is 1.19 bits per heavy atom. The van der Waals surface area contributed by atoms with E-state index in [1.165, 1.54) is 6.26 Å². The average Bonchev–Trinajstić information content (AvgIpc) is 3.20. The summed E-state index contributed by atoms with van der Waals surface area (Å²) in [6.07, 6.45) is 1.49. The molecule has 9 heteroatoms. The first kappa shape index (κ1) is 18.3. The number of carbonyl (C=O) groups excluding carboxylic acids is 2. The number of hydrogen-bond donors (Lipinski definition) is 2. The molecule has 2 heterocycles. The van der Waals surface area contributed by atoms with E-state index < -0.39 is 24.0 Å². The number of amides is 1. The van der Waals surface area contributed by atoms with Crippen molar-refractivity contribution < 1.29 is 23.8 Å². The van der Waals surface area contributed by atoms with E-state index in [1.54, 1.807) is 36.4 Å². The largest absolute Gasteiger partial charge is 0.467 e. The number of ether oxygens (including phenoxy) is 1. The van der Waals surface area contributed by atoms with Crippen molar-refractivity contribution in [3.63, 3.8) is 0 Å². The van der Waals surface area contributed by atoms with Crippen LogP contribution >= 0.6 is 0 Å². The van der Waals surface area contributed by atoms with Gasteiger partial charge in [-0.1, -0.05) is 18.2 Å². The molecule has 0 radical (unpaired) electrons. The van der Waals surface area contributed by atoms with Crippen LogP contribution in [-0.4, -0.2) is 40.0 Å². The monoisotopic (exact) mass is 371 g/mol. The van der Waals surface area contributed by atoms with Gasteiger partial charge < -0.3 is 19.6 Å². The summed E-state index contributed by atoms with van der Waals surface area (Å²) in [6, 6.07) is 9.84. The Bertz CT molecular complexity index is 1010. The zero-order valence-corrected chi connectivity index (χ0v) is 14.3. The molecule has 140 valence electrons. The van der Waals surface area contributed by atoms with Crippen LogP contribution in [0.3, 0.4) is 0 Å². The molecule has 1 aromatic carbocycles. The van der Waals surface area contributed by atoms with Gasteiger partial charge in [-0.3, -0.25) is 9.59 Å². The molecule has 0 aliphatic carbocycles. The average molecular weight is 371 g/mol. The van der Waals surface area contributed by atoms with Crippen LogP contribution in [0.15, 0.2) is 51.9 Å². The fourth-order valence-corrected chi connectivity index (χ4v) is 2.48. The van der Waals surface area contributed by atoms with Gasteiger partial charge in [0.1, 0.15) is 5.76 Å². The van der Waals surface area contributed by atoms with Crippen LogP contribution in [0, 0.1) is 0 Å². The molecule has 0 aliphatic rings. The molecule has 1 amide bonds. The van der Waals surface area contributed by atoms with Gasteiger partial charge >= 0.3 is 5.97 Å². The number of aliphatic hydroxyl groups excluding tert-OH is 1. The zero-order valence-electron chi connectivity index (χ0n) is 14.3. The summed E-state index contributed by atoms with van der Waals surface area (Å²) in [5.41, 5.74) is -0.523. The summed E-state index contributed by atoms with van der Waals surface area (Å²) in [7, 11) is 0. The van der Waals surface area contributed by atoms with Crippen LogP contribution in [0.5, 0.6) is 0 Å². The van der Waals surface area contributed by atoms with Gasteiger partial charge in [-0.05, 0) is 18.2 Å². The summed E-state index contributed by atoms with van der Waals surface area (Å²) in [4.78, 5) is 36.5. The fourth-order valence-electron chi connectivity index (χ4n) is 2.48. The highest BCUT2D eigenvalue weighted by Crippen LogP contribution is 2.14. The highest BCUT2D eigenvalue weighted by atomic mass is 16.5. The normalized spacial score (nSPS) is 10.7. The molecule has 0 atom stereocenters. The van der Waals surface area contributed by atoms with Crippen molar-refractivity contribution >= 4 is 22.6 Å². The number of nitrogens with zero attached hydrogens (tertiary/aromatic N) is 2. The van der Waals surface area contributed by atoms with Crippen molar-refractivity contribution in [1.29, 1.82) is 0 Å². The SMILES string of the molecule is O=C(COC(=O)c1nn(CCO)c(=O)c2ccccc12)NCc1ccco1. The number of carbonyl (C=O) groups is 2. The Balaban J connectivity index is 1.74. The molecule has 9 nitrogen and oxygen atoms in total. The Morgan fingerprint density at radius 2 is 1.96 bits per heavy atom. The van der Waals surface area contributed by atoms with Crippen molar-refractivity contribution in [3.8, 4) is 0 Å². The van der Waals surface area contributed by atoms with Gasteiger partial charge in [0.25, 0.3) is 11.5 Å². The van der Waals surface area contributed by atoms with Crippen LogP contribution < -0.4 is 10.9 Å². The Morgan fingerprint density at radius 3 is 2.67 bits per heavy atom. The van der Waals surface area contributed by atoms with E-state index in [2.05, 4.69) is 10.4 Å². The summed E-state index contributed by atoms with van der Waals surface area (Å²) in [5, 5.41) is 16.2. The Kier molecular flexibility index (Phi) is 5.62. The summed E-state index contributed by atoms with van der Waals surface area (Å²) >= 11 is 0. The molecule has 0 unspecified atom stereocenters. The molecular weight excluding hydrogens is 354 g/mol. The van der Waals surface area contributed by atoms with Crippen LogP contribution in [0.25, 0.3) is 10.8 Å². The van der Waals surface area contributed by atoms with Gasteiger partial charge in [0.15, 0.2) is 12.3 Å². The maximum Gasteiger partial charge on any atom is 0.359 e. The fraction of sp³-hybridized carbons (Fsp3) is 0.222.